The average Bonchev–Trinajstić information content (AvgIpc) is 3.54. The number of hydrogen-bond acceptors (Lipinski definition) is 2. The molecular formula is C54H52BN3. The Morgan fingerprint density at radius 2 is 1.00 bits per heavy atom. The van der Waals surface area contributed by atoms with Crippen molar-refractivity contribution in [2.24, 2.45) is 0 Å². The van der Waals surface area contributed by atoms with Crippen LogP contribution in [0.4, 0.5) is 34.1 Å². The van der Waals surface area contributed by atoms with E-state index < -0.39 is 0 Å². The van der Waals surface area contributed by atoms with Crippen molar-refractivity contribution in [3.05, 3.63) is 168 Å². The number of rotatable bonds is 4. The molecule has 0 atom stereocenters. The van der Waals surface area contributed by atoms with Gasteiger partial charge in [0.15, 0.2) is 0 Å². The molecular weight excluding hydrogens is 701 g/mol. The molecule has 1 aromatic heterocycles. The first-order valence-electron chi connectivity index (χ1n) is 20.9. The third kappa shape index (κ3) is 5.63. The van der Waals surface area contributed by atoms with Gasteiger partial charge in [-0.3, -0.25) is 0 Å². The molecule has 0 saturated carbocycles. The number of anilines is 6. The van der Waals surface area contributed by atoms with Crippen molar-refractivity contribution in [2.45, 2.75) is 78.6 Å². The molecule has 8 aromatic rings. The second kappa shape index (κ2) is 12.8. The summed E-state index contributed by atoms with van der Waals surface area (Å²) in [6, 6.07) is 57.3. The summed E-state index contributed by atoms with van der Waals surface area (Å²) >= 11 is 0. The maximum Gasteiger partial charge on any atom is 0.252 e. The normalized spacial score (nSPS) is 13.5. The van der Waals surface area contributed by atoms with Crippen LogP contribution in [0, 0.1) is 0 Å². The molecule has 0 unspecified atom stereocenters. The highest BCUT2D eigenvalue weighted by molar-refractivity contribution is 7.00. The van der Waals surface area contributed by atoms with Crippen molar-refractivity contribution in [1.82, 2.24) is 4.57 Å². The molecule has 0 spiro atoms. The van der Waals surface area contributed by atoms with Crippen LogP contribution in [-0.4, -0.2) is 11.3 Å². The summed E-state index contributed by atoms with van der Waals surface area (Å²) in [6.45, 7) is 20.9. The van der Waals surface area contributed by atoms with Crippen molar-refractivity contribution in [1.29, 1.82) is 0 Å². The van der Waals surface area contributed by atoms with Crippen molar-refractivity contribution in [3.8, 4) is 5.69 Å². The van der Waals surface area contributed by atoms with E-state index >= 15 is 0 Å². The lowest BCUT2D eigenvalue weighted by molar-refractivity contribution is 0.590. The predicted molar refractivity (Wildman–Crippen MR) is 251 cm³/mol. The summed E-state index contributed by atoms with van der Waals surface area (Å²) in [5.41, 5.74) is 19.1. The second-order valence-electron chi connectivity index (χ2n) is 19.6. The van der Waals surface area contributed by atoms with Gasteiger partial charge in [0.05, 0.1) is 11.0 Å². The number of hydrogen-bond donors (Lipinski definition) is 0. The quantitative estimate of drug-likeness (QED) is 0.166. The fourth-order valence-corrected chi connectivity index (χ4v) is 9.48. The maximum atomic E-state index is 2.60. The van der Waals surface area contributed by atoms with Crippen molar-refractivity contribution < 1.29 is 0 Å². The van der Waals surface area contributed by atoms with E-state index in [-0.39, 0.29) is 23.0 Å². The molecule has 0 amide bonds. The van der Waals surface area contributed by atoms with Crippen LogP contribution >= 0.6 is 0 Å². The van der Waals surface area contributed by atoms with Crippen LogP contribution in [0.5, 0.6) is 0 Å². The first kappa shape index (κ1) is 36.4. The Labute approximate surface area is 344 Å². The minimum absolute atomic E-state index is 0.00796. The largest absolute Gasteiger partial charge is 0.311 e. The van der Waals surface area contributed by atoms with Gasteiger partial charge in [0.1, 0.15) is 0 Å². The molecule has 286 valence electrons. The van der Waals surface area contributed by atoms with Crippen LogP contribution in [0.1, 0.15) is 79.0 Å². The van der Waals surface area contributed by atoms with Gasteiger partial charge in [0.2, 0.25) is 0 Å². The van der Waals surface area contributed by atoms with Gasteiger partial charge in [-0.2, -0.15) is 0 Å². The predicted octanol–water partition coefficient (Wildman–Crippen LogP) is 12.8. The molecule has 3 heterocycles. The third-order valence-corrected chi connectivity index (χ3v) is 12.6. The molecule has 2 aliphatic heterocycles. The average molecular weight is 754 g/mol. The van der Waals surface area contributed by atoms with Gasteiger partial charge >= 0.3 is 0 Å². The molecule has 0 bridgehead atoms. The smallest absolute Gasteiger partial charge is 0.252 e. The van der Waals surface area contributed by atoms with Crippen molar-refractivity contribution >= 4 is 79.0 Å². The molecule has 0 fully saturated rings. The fraction of sp³-hybridized carbons (Fsp3) is 0.222. The lowest BCUT2D eigenvalue weighted by Crippen LogP contribution is -2.60. The number of aromatic nitrogens is 1. The summed E-state index contributed by atoms with van der Waals surface area (Å²) in [6.07, 6.45) is 0. The van der Waals surface area contributed by atoms with Crippen molar-refractivity contribution in [3.63, 3.8) is 0 Å². The van der Waals surface area contributed by atoms with E-state index in [9.17, 15) is 0 Å². The van der Waals surface area contributed by atoms with Crippen LogP contribution in [0.15, 0.2) is 152 Å². The Balaban J connectivity index is 1.31. The van der Waals surface area contributed by atoms with Gasteiger partial charge in [-0.25, -0.2) is 0 Å². The lowest BCUT2D eigenvalue weighted by atomic mass is 9.33. The zero-order valence-electron chi connectivity index (χ0n) is 35.4. The highest BCUT2D eigenvalue weighted by Gasteiger charge is 2.43. The van der Waals surface area contributed by atoms with Crippen molar-refractivity contribution in [2.75, 3.05) is 9.80 Å². The molecule has 0 radical (unpaired) electrons. The van der Waals surface area contributed by atoms with Gasteiger partial charge in [-0.05, 0) is 122 Å². The maximum absolute atomic E-state index is 2.60. The number of nitrogens with zero attached hydrogens (tertiary/aromatic N) is 3. The van der Waals surface area contributed by atoms with Crippen LogP contribution < -0.4 is 26.2 Å². The molecule has 0 saturated heterocycles. The molecule has 4 heteroatoms. The SMILES string of the molecule is CC(C)(C)c1ccc(N2c3ccc(C(C)(C)C)cc3B3c4ccc(N(c5ccccc5)c5ccccc5)cc4-n4c5ccc(C(C)(C)C)cc5c5ccc2c3c54)cc1. The molecule has 7 aromatic carbocycles. The van der Waals surface area contributed by atoms with E-state index in [1.807, 2.05) is 0 Å². The number of para-hydroxylation sites is 2. The van der Waals surface area contributed by atoms with Crippen LogP contribution in [0.2, 0.25) is 0 Å². The Hall–Kier alpha value is -6.00. The van der Waals surface area contributed by atoms with E-state index in [0.717, 1.165) is 17.1 Å². The van der Waals surface area contributed by atoms with Gasteiger partial charge in [-0.1, -0.05) is 141 Å². The minimum atomic E-state index is -0.00796. The zero-order valence-corrected chi connectivity index (χ0v) is 35.4. The molecule has 58 heavy (non-hydrogen) atoms. The van der Waals surface area contributed by atoms with E-state index in [0.29, 0.717) is 0 Å². The van der Waals surface area contributed by atoms with E-state index in [4.69, 9.17) is 0 Å². The monoisotopic (exact) mass is 753 g/mol. The Morgan fingerprint density at radius 3 is 1.62 bits per heavy atom. The standard InChI is InChI=1S/C54H52BN3/c1-52(2,3)35-20-24-40(25-21-35)57-47-30-23-37(54(7,8)9)33-45(47)55-44-28-26-41(56(38-16-12-10-13-17-38)39-18-14-11-15-19-39)34-49(44)58-46-29-22-36(53(4,5)6)32-43(46)42-27-31-48(57)50(55)51(42)58/h10-34H,1-9H3. The highest BCUT2D eigenvalue weighted by atomic mass is 15.2. The molecule has 0 aliphatic carbocycles. The second-order valence-corrected chi connectivity index (χ2v) is 19.6. The van der Waals surface area contributed by atoms with Crippen LogP contribution in [0.3, 0.4) is 0 Å². The Morgan fingerprint density at radius 1 is 0.431 bits per heavy atom. The fourth-order valence-electron chi connectivity index (χ4n) is 9.48. The van der Waals surface area contributed by atoms with Gasteiger partial charge in [0, 0.05) is 50.6 Å². The van der Waals surface area contributed by atoms with Gasteiger partial charge < -0.3 is 14.4 Å². The number of fused-ring (bicyclic) bond motifs is 8. The highest BCUT2D eigenvalue weighted by Crippen LogP contribution is 2.45. The molecule has 0 N–H and O–H groups in total. The zero-order chi connectivity index (χ0) is 40.3. The molecule has 10 rings (SSSR count). The van der Waals surface area contributed by atoms with E-state index in [1.165, 1.54) is 77.6 Å². The first-order valence-corrected chi connectivity index (χ1v) is 20.9. The third-order valence-electron chi connectivity index (χ3n) is 12.6. The summed E-state index contributed by atoms with van der Waals surface area (Å²) in [7, 11) is 0. The summed E-state index contributed by atoms with van der Waals surface area (Å²) in [5.74, 6) is 0. The van der Waals surface area contributed by atoms with Crippen LogP contribution in [0.25, 0.3) is 27.5 Å². The topological polar surface area (TPSA) is 11.4 Å². The van der Waals surface area contributed by atoms with Gasteiger partial charge in [0.25, 0.3) is 6.71 Å². The number of benzene rings is 7. The molecule has 2 aliphatic rings. The lowest BCUT2D eigenvalue weighted by Gasteiger charge is -2.41. The van der Waals surface area contributed by atoms with E-state index in [2.05, 4.69) is 228 Å². The van der Waals surface area contributed by atoms with Crippen LogP contribution in [-0.2, 0) is 16.2 Å². The van der Waals surface area contributed by atoms with E-state index in [1.54, 1.807) is 0 Å². The first-order chi connectivity index (χ1) is 27.7. The summed E-state index contributed by atoms with van der Waals surface area (Å²) in [4.78, 5) is 4.93. The summed E-state index contributed by atoms with van der Waals surface area (Å²) in [5, 5.41) is 2.61. The van der Waals surface area contributed by atoms with Gasteiger partial charge in [-0.15, -0.1) is 0 Å². The Kier molecular flexibility index (Phi) is 7.99. The molecule has 3 nitrogen and oxygen atoms in total. The summed E-state index contributed by atoms with van der Waals surface area (Å²) < 4.78 is 2.60. The Bertz CT molecular complexity index is 2840. The minimum Gasteiger partial charge on any atom is -0.311 e.